The van der Waals surface area contributed by atoms with E-state index >= 15 is 0 Å². The number of rotatable bonds is 7. The third-order valence-corrected chi connectivity index (χ3v) is 2.69. The zero-order valence-electron chi connectivity index (χ0n) is 10.6. The summed E-state index contributed by atoms with van der Waals surface area (Å²) in [5, 5.41) is 21.8. The van der Waals surface area contributed by atoms with Crippen LogP contribution in [0.2, 0.25) is 0 Å². The Bertz CT molecular complexity index is 481. The topological polar surface area (TPSA) is 82.6 Å². The minimum absolute atomic E-state index is 0.0275. The van der Waals surface area contributed by atoms with Crippen LogP contribution in [0.1, 0.15) is 5.89 Å². The molecule has 1 heterocycles. The number of nitrogens with zero attached hydrogens (tertiary/aromatic N) is 3. The molecule has 2 rings (SSSR count). The van der Waals surface area contributed by atoms with Crippen molar-refractivity contribution >= 4 is 0 Å². The fourth-order valence-electron chi connectivity index (χ4n) is 1.77. The highest BCUT2D eigenvalue weighted by molar-refractivity contribution is 5.53. The fourth-order valence-corrected chi connectivity index (χ4v) is 1.77. The molecule has 6 nitrogen and oxygen atoms in total. The van der Waals surface area contributed by atoms with Crippen molar-refractivity contribution < 1.29 is 14.7 Å². The lowest BCUT2D eigenvalue weighted by Crippen LogP contribution is -2.29. The lowest BCUT2D eigenvalue weighted by atomic mass is 10.2. The third kappa shape index (κ3) is 3.85. The minimum atomic E-state index is 0.0275. The van der Waals surface area contributed by atoms with Crippen LogP contribution in [0, 0.1) is 0 Å². The van der Waals surface area contributed by atoms with Gasteiger partial charge in [0, 0.05) is 18.7 Å². The smallest absolute Gasteiger partial charge is 0.241 e. The Hall–Kier alpha value is -1.76. The molecule has 0 aliphatic heterocycles. The largest absolute Gasteiger partial charge is 0.395 e. The van der Waals surface area contributed by atoms with E-state index in [0.717, 1.165) is 5.56 Å². The van der Waals surface area contributed by atoms with Crippen LogP contribution in [0.3, 0.4) is 0 Å². The zero-order valence-corrected chi connectivity index (χ0v) is 10.6. The molecule has 0 bridgehead atoms. The van der Waals surface area contributed by atoms with Crippen LogP contribution in [0.25, 0.3) is 11.4 Å². The van der Waals surface area contributed by atoms with Crippen LogP contribution < -0.4 is 0 Å². The molecule has 0 fully saturated rings. The molecule has 0 spiro atoms. The molecule has 2 aromatic rings. The first kappa shape index (κ1) is 13.7. The lowest BCUT2D eigenvalue weighted by Gasteiger charge is -2.17. The fraction of sp³-hybridized carbons (Fsp3) is 0.385. The highest BCUT2D eigenvalue weighted by atomic mass is 16.5. The predicted molar refractivity (Wildman–Crippen MR) is 69.2 cm³/mol. The Labute approximate surface area is 111 Å². The van der Waals surface area contributed by atoms with Crippen LogP contribution in [-0.4, -0.2) is 51.6 Å². The van der Waals surface area contributed by atoms with Gasteiger partial charge in [0.1, 0.15) is 0 Å². The second-order valence-electron chi connectivity index (χ2n) is 4.10. The number of hydrogen-bond donors (Lipinski definition) is 2. The molecule has 2 N–H and O–H groups in total. The molecule has 102 valence electrons. The molecular formula is C13H17N3O3. The Morgan fingerprint density at radius 2 is 1.74 bits per heavy atom. The third-order valence-electron chi connectivity index (χ3n) is 2.69. The number of hydrogen-bond acceptors (Lipinski definition) is 6. The molecule has 19 heavy (non-hydrogen) atoms. The average molecular weight is 263 g/mol. The van der Waals surface area contributed by atoms with Crippen molar-refractivity contribution in [3.05, 3.63) is 36.2 Å². The molecule has 1 aromatic heterocycles. The van der Waals surface area contributed by atoms with E-state index in [-0.39, 0.29) is 13.2 Å². The van der Waals surface area contributed by atoms with Gasteiger partial charge in [-0.3, -0.25) is 4.90 Å². The van der Waals surface area contributed by atoms with Crippen molar-refractivity contribution in [3.63, 3.8) is 0 Å². The number of aliphatic hydroxyl groups is 2. The maximum absolute atomic E-state index is 8.93. The summed E-state index contributed by atoms with van der Waals surface area (Å²) in [5.74, 6) is 1.02. The molecule has 0 saturated heterocycles. The molecule has 0 aliphatic rings. The van der Waals surface area contributed by atoms with Crippen molar-refractivity contribution in [2.24, 2.45) is 0 Å². The van der Waals surface area contributed by atoms with Gasteiger partial charge in [-0.2, -0.15) is 4.98 Å². The van der Waals surface area contributed by atoms with Crippen molar-refractivity contribution in [3.8, 4) is 11.4 Å². The van der Waals surface area contributed by atoms with Gasteiger partial charge in [0.05, 0.1) is 19.8 Å². The van der Waals surface area contributed by atoms with Gasteiger partial charge in [0.2, 0.25) is 11.7 Å². The SMILES string of the molecule is OCCN(CCO)Cc1nc(-c2ccccc2)no1. The molecule has 0 atom stereocenters. The van der Waals surface area contributed by atoms with Crippen LogP contribution in [-0.2, 0) is 6.54 Å². The lowest BCUT2D eigenvalue weighted by molar-refractivity contribution is 0.143. The average Bonchev–Trinajstić information content (AvgIpc) is 2.89. The second kappa shape index (κ2) is 6.98. The Morgan fingerprint density at radius 3 is 2.37 bits per heavy atom. The minimum Gasteiger partial charge on any atom is -0.395 e. The van der Waals surface area contributed by atoms with E-state index in [2.05, 4.69) is 10.1 Å². The number of aliphatic hydroxyl groups excluding tert-OH is 2. The van der Waals surface area contributed by atoms with Crippen molar-refractivity contribution in [1.82, 2.24) is 15.0 Å². The Morgan fingerprint density at radius 1 is 1.05 bits per heavy atom. The first-order valence-electron chi connectivity index (χ1n) is 6.15. The summed E-state index contributed by atoms with van der Waals surface area (Å²) >= 11 is 0. The van der Waals surface area contributed by atoms with E-state index in [1.54, 1.807) is 0 Å². The maximum Gasteiger partial charge on any atom is 0.241 e. The normalized spacial score (nSPS) is 11.1. The van der Waals surface area contributed by atoms with Gasteiger partial charge in [-0.1, -0.05) is 35.5 Å². The van der Waals surface area contributed by atoms with Crippen LogP contribution in [0.5, 0.6) is 0 Å². The van der Waals surface area contributed by atoms with E-state index in [1.807, 2.05) is 35.2 Å². The van der Waals surface area contributed by atoms with Crippen molar-refractivity contribution in [2.45, 2.75) is 6.54 Å². The van der Waals surface area contributed by atoms with E-state index in [0.29, 0.717) is 31.3 Å². The quantitative estimate of drug-likeness (QED) is 0.758. The zero-order chi connectivity index (χ0) is 13.5. The number of aromatic nitrogens is 2. The standard InChI is InChI=1S/C13H17N3O3/c17-8-6-16(7-9-18)10-12-14-13(15-19-12)11-4-2-1-3-5-11/h1-5,17-18H,6-10H2. The van der Waals surface area contributed by atoms with Gasteiger partial charge < -0.3 is 14.7 Å². The van der Waals surface area contributed by atoms with E-state index in [4.69, 9.17) is 14.7 Å². The van der Waals surface area contributed by atoms with Gasteiger partial charge in [0.15, 0.2) is 0 Å². The highest BCUT2D eigenvalue weighted by Gasteiger charge is 2.12. The van der Waals surface area contributed by atoms with E-state index in [1.165, 1.54) is 0 Å². The van der Waals surface area contributed by atoms with Crippen molar-refractivity contribution in [1.29, 1.82) is 0 Å². The number of benzene rings is 1. The second-order valence-corrected chi connectivity index (χ2v) is 4.10. The van der Waals surface area contributed by atoms with Gasteiger partial charge in [-0.25, -0.2) is 0 Å². The van der Waals surface area contributed by atoms with Crippen LogP contribution in [0.15, 0.2) is 34.9 Å². The van der Waals surface area contributed by atoms with Crippen molar-refractivity contribution in [2.75, 3.05) is 26.3 Å². The van der Waals surface area contributed by atoms with Gasteiger partial charge in [-0.15, -0.1) is 0 Å². The molecule has 0 saturated carbocycles. The molecule has 1 aromatic carbocycles. The summed E-state index contributed by atoms with van der Waals surface area (Å²) < 4.78 is 5.18. The van der Waals surface area contributed by atoms with Crippen LogP contribution >= 0.6 is 0 Å². The monoisotopic (exact) mass is 263 g/mol. The van der Waals surface area contributed by atoms with Gasteiger partial charge >= 0.3 is 0 Å². The molecule has 0 amide bonds. The summed E-state index contributed by atoms with van der Waals surface area (Å²) in [4.78, 5) is 6.15. The summed E-state index contributed by atoms with van der Waals surface area (Å²) in [7, 11) is 0. The predicted octanol–water partition coefficient (Wildman–Crippen LogP) is 0.523. The summed E-state index contributed by atoms with van der Waals surface area (Å²) in [6.07, 6.45) is 0. The van der Waals surface area contributed by atoms with Crippen LogP contribution in [0.4, 0.5) is 0 Å². The molecular weight excluding hydrogens is 246 g/mol. The van der Waals surface area contributed by atoms with E-state index in [9.17, 15) is 0 Å². The summed E-state index contributed by atoms with van der Waals surface area (Å²) in [6, 6.07) is 9.57. The van der Waals surface area contributed by atoms with E-state index < -0.39 is 0 Å². The summed E-state index contributed by atoms with van der Waals surface area (Å²) in [6.45, 7) is 1.40. The van der Waals surface area contributed by atoms with Gasteiger partial charge in [0.25, 0.3) is 0 Å². The Balaban J connectivity index is 2.04. The summed E-state index contributed by atoms with van der Waals surface area (Å²) in [5.41, 5.74) is 0.897. The molecule has 0 radical (unpaired) electrons. The maximum atomic E-state index is 8.93. The molecule has 6 heteroatoms. The van der Waals surface area contributed by atoms with Gasteiger partial charge in [-0.05, 0) is 0 Å². The highest BCUT2D eigenvalue weighted by Crippen LogP contribution is 2.15. The molecule has 0 aliphatic carbocycles. The first-order chi connectivity index (χ1) is 9.33. The molecule has 0 unspecified atom stereocenters. The Kier molecular flexibility index (Phi) is 5.02. The first-order valence-corrected chi connectivity index (χ1v) is 6.15.